The highest BCUT2D eigenvalue weighted by Crippen LogP contribution is 2.31. The van der Waals surface area contributed by atoms with Gasteiger partial charge in [-0.3, -0.25) is 14.1 Å². The molecule has 0 aliphatic carbocycles. The summed E-state index contributed by atoms with van der Waals surface area (Å²) >= 11 is 0. The molecule has 1 aliphatic heterocycles. The number of fused-ring (bicyclic) bond motifs is 4. The Labute approximate surface area is 234 Å². The van der Waals surface area contributed by atoms with E-state index in [0.717, 1.165) is 43.9 Å². The molecular formula is C35H32N4O. The lowest BCUT2D eigenvalue weighted by molar-refractivity contribution is 0.255. The zero-order valence-corrected chi connectivity index (χ0v) is 22.5. The zero-order valence-electron chi connectivity index (χ0n) is 22.5. The molecule has 3 aromatic heterocycles. The Hall–Kier alpha value is -4.48. The number of hydrogen-bond donors (Lipinski definition) is 0. The van der Waals surface area contributed by atoms with Crippen molar-refractivity contribution in [3.63, 3.8) is 0 Å². The Morgan fingerprint density at radius 3 is 2.33 bits per heavy atom. The second kappa shape index (κ2) is 10.6. The number of hydrogen-bond acceptors (Lipinski definition) is 3. The summed E-state index contributed by atoms with van der Waals surface area (Å²) in [7, 11) is 0. The minimum atomic E-state index is 0.0497. The molecule has 0 N–H and O–H groups in total. The van der Waals surface area contributed by atoms with Crippen molar-refractivity contribution in [2.75, 3.05) is 13.1 Å². The maximum Gasteiger partial charge on any atom is 0.261 e. The summed E-state index contributed by atoms with van der Waals surface area (Å²) in [5, 5.41) is 1.34. The standard InChI is InChI=1S/C35H32N4O/c40-35-29(31(23-26-11-3-1-4-12-26)36-34-17-9-10-20-38(34)35)18-21-37-22-19-33-30(25-37)28-15-7-8-16-32(28)39(33)24-27-13-5-2-6-14-27/h1-17,20H,18-19,21-25H2. The van der Waals surface area contributed by atoms with Gasteiger partial charge in [0.15, 0.2) is 0 Å². The highest BCUT2D eigenvalue weighted by Gasteiger charge is 2.24. The molecule has 0 fully saturated rings. The van der Waals surface area contributed by atoms with Crippen LogP contribution in [0.25, 0.3) is 16.6 Å². The van der Waals surface area contributed by atoms with Crippen LogP contribution >= 0.6 is 0 Å². The van der Waals surface area contributed by atoms with Gasteiger partial charge in [-0.05, 0) is 41.3 Å². The fourth-order valence-corrected chi connectivity index (χ4v) is 6.22. The quantitative estimate of drug-likeness (QED) is 0.262. The van der Waals surface area contributed by atoms with Crippen LogP contribution in [0.5, 0.6) is 0 Å². The molecule has 198 valence electrons. The average Bonchev–Trinajstić information content (AvgIpc) is 3.31. The first-order chi connectivity index (χ1) is 19.7. The van der Waals surface area contributed by atoms with Crippen LogP contribution in [-0.4, -0.2) is 31.9 Å². The molecule has 5 heteroatoms. The van der Waals surface area contributed by atoms with E-state index in [0.29, 0.717) is 18.5 Å². The molecule has 0 unspecified atom stereocenters. The number of aromatic nitrogens is 3. The summed E-state index contributed by atoms with van der Waals surface area (Å²) in [5.41, 5.74) is 9.14. The molecule has 6 aromatic rings. The molecule has 7 rings (SSSR count). The Bertz CT molecular complexity index is 1850. The molecule has 4 heterocycles. The Kier molecular flexibility index (Phi) is 6.50. The summed E-state index contributed by atoms with van der Waals surface area (Å²) in [5.74, 6) is 0. The molecule has 0 saturated heterocycles. The van der Waals surface area contributed by atoms with Crippen LogP contribution in [0.4, 0.5) is 0 Å². The van der Waals surface area contributed by atoms with Crippen molar-refractivity contribution in [3.8, 4) is 0 Å². The average molecular weight is 525 g/mol. The molecule has 3 aromatic carbocycles. The number of pyridine rings is 1. The third-order valence-electron chi connectivity index (χ3n) is 8.23. The highest BCUT2D eigenvalue weighted by molar-refractivity contribution is 5.86. The Balaban J connectivity index is 1.18. The summed E-state index contributed by atoms with van der Waals surface area (Å²) in [6, 6.07) is 35.6. The van der Waals surface area contributed by atoms with Gasteiger partial charge >= 0.3 is 0 Å². The van der Waals surface area contributed by atoms with Crippen molar-refractivity contribution in [2.24, 2.45) is 0 Å². The SMILES string of the molecule is O=c1c(CCN2CCc3c(c4ccccc4n3Cc3ccccc3)C2)c(Cc2ccccc2)nc2ccccn12. The van der Waals surface area contributed by atoms with E-state index in [1.54, 1.807) is 4.40 Å². The predicted octanol–water partition coefficient (Wildman–Crippen LogP) is 5.89. The first-order valence-corrected chi connectivity index (χ1v) is 14.1. The third kappa shape index (κ3) is 4.63. The van der Waals surface area contributed by atoms with Crippen LogP contribution in [0.3, 0.4) is 0 Å². The lowest BCUT2D eigenvalue weighted by Gasteiger charge is -2.28. The van der Waals surface area contributed by atoms with E-state index in [-0.39, 0.29) is 5.56 Å². The maximum atomic E-state index is 13.7. The van der Waals surface area contributed by atoms with Gasteiger partial charge < -0.3 is 4.57 Å². The van der Waals surface area contributed by atoms with Gasteiger partial charge in [0, 0.05) is 67.4 Å². The van der Waals surface area contributed by atoms with E-state index < -0.39 is 0 Å². The molecule has 1 aliphatic rings. The largest absolute Gasteiger partial charge is 0.340 e. The molecule has 0 spiro atoms. The van der Waals surface area contributed by atoms with Crippen molar-refractivity contribution >= 4 is 16.6 Å². The Morgan fingerprint density at radius 2 is 1.50 bits per heavy atom. The monoisotopic (exact) mass is 524 g/mol. The van der Waals surface area contributed by atoms with Gasteiger partial charge in [-0.2, -0.15) is 0 Å². The molecule has 40 heavy (non-hydrogen) atoms. The third-order valence-corrected chi connectivity index (χ3v) is 8.23. The second-order valence-corrected chi connectivity index (χ2v) is 10.7. The van der Waals surface area contributed by atoms with Gasteiger partial charge in [-0.1, -0.05) is 84.9 Å². The number of benzene rings is 3. The van der Waals surface area contributed by atoms with Gasteiger partial charge in [0.05, 0.1) is 5.69 Å². The summed E-state index contributed by atoms with van der Waals surface area (Å²) in [4.78, 5) is 21.1. The van der Waals surface area contributed by atoms with E-state index in [4.69, 9.17) is 4.98 Å². The lowest BCUT2D eigenvalue weighted by Crippen LogP contribution is -2.34. The summed E-state index contributed by atoms with van der Waals surface area (Å²) in [6.45, 7) is 3.59. The smallest absolute Gasteiger partial charge is 0.261 e. The molecule has 0 radical (unpaired) electrons. The molecule has 0 amide bonds. The molecule has 0 atom stereocenters. The van der Waals surface area contributed by atoms with E-state index in [9.17, 15) is 4.79 Å². The minimum Gasteiger partial charge on any atom is -0.340 e. The fourth-order valence-electron chi connectivity index (χ4n) is 6.22. The lowest BCUT2D eigenvalue weighted by atomic mass is 10.0. The van der Waals surface area contributed by atoms with Gasteiger partial charge in [0.25, 0.3) is 5.56 Å². The van der Waals surface area contributed by atoms with Crippen molar-refractivity contribution < 1.29 is 0 Å². The molecular weight excluding hydrogens is 492 g/mol. The summed E-state index contributed by atoms with van der Waals surface area (Å²) in [6.07, 6.45) is 4.18. The van der Waals surface area contributed by atoms with Crippen molar-refractivity contribution in [1.29, 1.82) is 0 Å². The Morgan fingerprint density at radius 1 is 0.775 bits per heavy atom. The van der Waals surface area contributed by atoms with Crippen molar-refractivity contribution in [2.45, 2.75) is 32.4 Å². The van der Waals surface area contributed by atoms with Crippen molar-refractivity contribution in [1.82, 2.24) is 18.9 Å². The summed E-state index contributed by atoms with van der Waals surface area (Å²) < 4.78 is 4.20. The van der Waals surface area contributed by atoms with E-state index in [2.05, 4.69) is 76.2 Å². The van der Waals surface area contributed by atoms with Gasteiger partial charge in [-0.25, -0.2) is 4.98 Å². The van der Waals surface area contributed by atoms with E-state index >= 15 is 0 Å². The number of nitrogens with zero attached hydrogens (tertiary/aromatic N) is 4. The van der Waals surface area contributed by atoms with E-state index in [1.807, 2.05) is 42.6 Å². The van der Waals surface area contributed by atoms with Crippen LogP contribution in [0.15, 0.2) is 114 Å². The van der Waals surface area contributed by atoms with E-state index in [1.165, 1.54) is 33.3 Å². The second-order valence-electron chi connectivity index (χ2n) is 10.7. The maximum absolute atomic E-state index is 13.7. The van der Waals surface area contributed by atoms with Gasteiger partial charge in [0.2, 0.25) is 0 Å². The van der Waals surface area contributed by atoms with Crippen LogP contribution in [-0.2, 0) is 32.4 Å². The first kappa shape index (κ1) is 24.6. The molecule has 5 nitrogen and oxygen atoms in total. The predicted molar refractivity (Wildman–Crippen MR) is 161 cm³/mol. The first-order valence-electron chi connectivity index (χ1n) is 14.1. The van der Waals surface area contributed by atoms with Crippen LogP contribution < -0.4 is 5.56 Å². The van der Waals surface area contributed by atoms with Crippen LogP contribution in [0.1, 0.15) is 33.6 Å². The van der Waals surface area contributed by atoms with Crippen molar-refractivity contribution in [3.05, 3.63) is 153 Å². The fraction of sp³-hybridized carbons (Fsp3) is 0.200. The molecule has 0 saturated carbocycles. The molecule has 0 bridgehead atoms. The number of rotatable bonds is 7. The highest BCUT2D eigenvalue weighted by atomic mass is 16.1. The minimum absolute atomic E-state index is 0.0497. The van der Waals surface area contributed by atoms with Gasteiger partial charge in [-0.15, -0.1) is 0 Å². The number of para-hydroxylation sites is 1. The normalized spacial score (nSPS) is 13.6. The van der Waals surface area contributed by atoms with Crippen LogP contribution in [0.2, 0.25) is 0 Å². The zero-order chi connectivity index (χ0) is 26.9. The van der Waals surface area contributed by atoms with Crippen LogP contribution in [0, 0.1) is 0 Å². The topological polar surface area (TPSA) is 42.5 Å². The van der Waals surface area contributed by atoms with Gasteiger partial charge in [0.1, 0.15) is 5.65 Å².